The van der Waals surface area contributed by atoms with E-state index in [1.807, 2.05) is 37.3 Å². The molecule has 0 aromatic heterocycles. The molecule has 3 aromatic rings. The van der Waals surface area contributed by atoms with Gasteiger partial charge in [0.15, 0.2) is 11.4 Å². The first-order chi connectivity index (χ1) is 14.4. The minimum absolute atomic E-state index is 0.322. The van der Waals surface area contributed by atoms with Crippen LogP contribution in [0.4, 0.5) is 5.69 Å². The van der Waals surface area contributed by atoms with E-state index in [2.05, 4.69) is 0 Å². The van der Waals surface area contributed by atoms with E-state index in [4.69, 9.17) is 4.74 Å². The lowest BCUT2D eigenvalue weighted by atomic mass is 9.88. The fraction of sp³-hybridized carbons (Fsp3) is 0.200. The fourth-order valence-electron chi connectivity index (χ4n) is 3.92. The number of para-hydroxylation sites is 1. The minimum Gasteiger partial charge on any atom is -0.497 e. The molecular formula is C25H23NO4. The van der Waals surface area contributed by atoms with Gasteiger partial charge >= 0.3 is 0 Å². The zero-order valence-electron chi connectivity index (χ0n) is 17.0. The van der Waals surface area contributed by atoms with Crippen LogP contribution in [0.2, 0.25) is 0 Å². The third-order valence-corrected chi connectivity index (χ3v) is 5.64. The number of carbonyl (C=O) groups excluding carboxylic acids is 2. The van der Waals surface area contributed by atoms with Crippen LogP contribution in [-0.4, -0.2) is 23.9 Å². The third-order valence-electron chi connectivity index (χ3n) is 5.64. The average Bonchev–Trinajstić information content (AvgIpc) is 2.97. The number of carbonyl (C=O) groups is 2. The van der Waals surface area contributed by atoms with Gasteiger partial charge in [-0.25, -0.2) is 0 Å². The second kappa shape index (κ2) is 7.76. The number of fused-ring (bicyclic) bond motifs is 1. The number of amides is 1. The van der Waals surface area contributed by atoms with Gasteiger partial charge in [-0.15, -0.1) is 0 Å². The number of hydrogen-bond acceptors (Lipinski definition) is 4. The van der Waals surface area contributed by atoms with Crippen LogP contribution in [0.15, 0.2) is 72.8 Å². The second-order valence-corrected chi connectivity index (χ2v) is 7.53. The van der Waals surface area contributed by atoms with Crippen LogP contribution < -0.4 is 9.64 Å². The zero-order chi connectivity index (χ0) is 21.3. The highest BCUT2D eigenvalue weighted by Crippen LogP contribution is 2.43. The number of ketones is 1. The predicted octanol–water partition coefficient (Wildman–Crippen LogP) is 4.01. The number of anilines is 1. The van der Waals surface area contributed by atoms with Crippen molar-refractivity contribution in [3.05, 3.63) is 95.1 Å². The number of aliphatic hydroxyl groups is 1. The highest BCUT2D eigenvalue weighted by Gasteiger charge is 2.50. The SMILES string of the molecule is COc1cccc(C(=O)C[C@]2(O)C(=O)N(Cc3ccccc3C)c3ccccc32)c1. The number of hydrogen-bond donors (Lipinski definition) is 1. The largest absolute Gasteiger partial charge is 0.497 e. The normalized spacial score (nSPS) is 17.7. The molecule has 1 N–H and O–H groups in total. The van der Waals surface area contributed by atoms with Crippen molar-refractivity contribution in [2.24, 2.45) is 0 Å². The molecule has 0 aliphatic carbocycles. The molecule has 1 amide bonds. The lowest BCUT2D eigenvalue weighted by Crippen LogP contribution is -2.41. The zero-order valence-corrected chi connectivity index (χ0v) is 17.0. The minimum atomic E-state index is -1.90. The number of methoxy groups -OCH3 is 1. The molecule has 0 unspecified atom stereocenters. The van der Waals surface area contributed by atoms with Gasteiger partial charge in [0.2, 0.25) is 0 Å². The van der Waals surface area contributed by atoms with Crippen molar-refractivity contribution in [1.82, 2.24) is 0 Å². The predicted molar refractivity (Wildman–Crippen MR) is 115 cm³/mol. The Hall–Kier alpha value is -3.44. The summed E-state index contributed by atoms with van der Waals surface area (Å²) >= 11 is 0. The summed E-state index contributed by atoms with van der Waals surface area (Å²) < 4.78 is 5.18. The van der Waals surface area contributed by atoms with Crippen LogP contribution in [0.1, 0.15) is 33.5 Å². The molecule has 5 nitrogen and oxygen atoms in total. The Bertz CT molecular complexity index is 1120. The molecule has 4 rings (SSSR count). The van der Waals surface area contributed by atoms with Gasteiger partial charge < -0.3 is 14.7 Å². The molecule has 152 valence electrons. The molecule has 0 fully saturated rings. The monoisotopic (exact) mass is 401 g/mol. The maximum absolute atomic E-state index is 13.4. The first-order valence-electron chi connectivity index (χ1n) is 9.79. The van der Waals surface area contributed by atoms with Crippen LogP contribution in [-0.2, 0) is 16.9 Å². The van der Waals surface area contributed by atoms with Crippen molar-refractivity contribution in [2.45, 2.75) is 25.5 Å². The topological polar surface area (TPSA) is 66.8 Å². The molecule has 0 radical (unpaired) electrons. The maximum Gasteiger partial charge on any atom is 0.264 e. The van der Waals surface area contributed by atoms with Crippen LogP contribution in [0.25, 0.3) is 0 Å². The summed E-state index contributed by atoms with van der Waals surface area (Å²) in [5.41, 5.74) is 1.63. The van der Waals surface area contributed by atoms with Crippen LogP contribution >= 0.6 is 0 Å². The Labute approximate surface area is 175 Å². The summed E-state index contributed by atoms with van der Waals surface area (Å²) in [6.07, 6.45) is -0.333. The fourth-order valence-corrected chi connectivity index (χ4v) is 3.92. The lowest BCUT2D eigenvalue weighted by Gasteiger charge is -2.23. The number of rotatable bonds is 6. The summed E-state index contributed by atoms with van der Waals surface area (Å²) in [7, 11) is 1.53. The summed E-state index contributed by atoms with van der Waals surface area (Å²) in [4.78, 5) is 27.9. The Morgan fingerprint density at radius 1 is 1.03 bits per heavy atom. The standard InChI is InChI=1S/C25H23NO4/c1-17-8-3-4-9-19(17)16-26-22-13-6-5-12-21(22)25(29,24(26)28)15-23(27)18-10-7-11-20(14-18)30-2/h3-14,29H,15-16H2,1-2H3/t25-/m1/s1. The average molecular weight is 401 g/mol. The first kappa shape index (κ1) is 19.9. The Balaban J connectivity index is 1.68. The molecule has 1 aliphatic heterocycles. The Morgan fingerprint density at radius 3 is 2.53 bits per heavy atom. The lowest BCUT2D eigenvalue weighted by molar-refractivity contribution is -0.136. The first-order valence-corrected chi connectivity index (χ1v) is 9.79. The van der Waals surface area contributed by atoms with Crippen molar-refractivity contribution in [3.63, 3.8) is 0 Å². The third kappa shape index (κ3) is 3.37. The number of benzene rings is 3. The maximum atomic E-state index is 13.4. The Kier molecular flexibility index (Phi) is 5.14. The van der Waals surface area contributed by atoms with Crippen molar-refractivity contribution >= 4 is 17.4 Å². The molecular weight excluding hydrogens is 378 g/mol. The molecule has 1 aliphatic rings. The van der Waals surface area contributed by atoms with Crippen molar-refractivity contribution < 1.29 is 19.4 Å². The van der Waals surface area contributed by atoms with Crippen molar-refractivity contribution in [1.29, 1.82) is 0 Å². The van der Waals surface area contributed by atoms with E-state index in [1.54, 1.807) is 47.4 Å². The van der Waals surface area contributed by atoms with Gasteiger partial charge in [0.05, 0.1) is 25.8 Å². The Morgan fingerprint density at radius 2 is 1.77 bits per heavy atom. The van der Waals surface area contributed by atoms with E-state index in [0.29, 0.717) is 29.1 Å². The van der Waals surface area contributed by atoms with E-state index >= 15 is 0 Å². The number of ether oxygens (including phenoxy) is 1. The highest BCUT2D eigenvalue weighted by molar-refractivity contribution is 6.10. The number of Topliss-reactive ketones (excluding diaryl/α,β-unsaturated/α-hetero) is 1. The van der Waals surface area contributed by atoms with Gasteiger partial charge in [0.1, 0.15) is 5.75 Å². The molecule has 0 saturated heterocycles. The molecule has 5 heteroatoms. The molecule has 1 heterocycles. The molecule has 30 heavy (non-hydrogen) atoms. The quantitative estimate of drug-likeness (QED) is 0.634. The van der Waals surface area contributed by atoms with E-state index in [-0.39, 0.29) is 12.2 Å². The summed E-state index contributed by atoms with van der Waals surface area (Å²) in [6.45, 7) is 2.32. The van der Waals surface area contributed by atoms with E-state index in [0.717, 1.165) is 11.1 Å². The van der Waals surface area contributed by atoms with Gasteiger partial charge in [0, 0.05) is 11.1 Å². The van der Waals surface area contributed by atoms with Gasteiger partial charge in [-0.1, -0.05) is 54.6 Å². The van der Waals surface area contributed by atoms with Crippen LogP contribution in [0, 0.1) is 6.92 Å². The molecule has 1 atom stereocenters. The number of aryl methyl sites for hydroxylation is 1. The molecule has 0 saturated carbocycles. The van der Waals surface area contributed by atoms with E-state index < -0.39 is 11.5 Å². The van der Waals surface area contributed by atoms with Crippen LogP contribution in [0.5, 0.6) is 5.75 Å². The molecule has 0 bridgehead atoms. The van der Waals surface area contributed by atoms with Crippen molar-refractivity contribution in [3.8, 4) is 5.75 Å². The molecule has 3 aromatic carbocycles. The highest BCUT2D eigenvalue weighted by atomic mass is 16.5. The summed E-state index contributed by atoms with van der Waals surface area (Å²) in [5, 5.41) is 11.4. The smallest absolute Gasteiger partial charge is 0.264 e. The molecule has 0 spiro atoms. The number of nitrogens with zero attached hydrogens (tertiary/aromatic N) is 1. The van der Waals surface area contributed by atoms with Crippen LogP contribution in [0.3, 0.4) is 0 Å². The van der Waals surface area contributed by atoms with Gasteiger partial charge in [-0.05, 0) is 36.2 Å². The van der Waals surface area contributed by atoms with E-state index in [1.165, 1.54) is 7.11 Å². The van der Waals surface area contributed by atoms with Gasteiger partial charge in [0.25, 0.3) is 5.91 Å². The van der Waals surface area contributed by atoms with Gasteiger partial charge in [-0.2, -0.15) is 0 Å². The summed E-state index contributed by atoms with van der Waals surface area (Å²) in [5.74, 6) is -0.257. The summed E-state index contributed by atoms with van der Waals surface area (Å²) in [6, 6.07) is 21.7. The van der Waals surface area contributed by atoms with Gasteiger partial charge in [-0.3, -0.25) is 9.59 Å². The van der Waals surface area contributed by atoms with E-state index in [9.17, 15) is 14.7 Å². The second-order valence-electron chi connectivity index (χ2n) is 7.53. The van der Waals surface area contributed by atoms with Crippen molar-refractivity contribution in [2.75, 3.05) is 12.0 Å².